The molecule has 20 heavy (non-hydrogen) atoms. The van der Waals surface area contributed by atoms with Gasteiger partial charge in [-0.25, -0.2) is 0 Å². The number of ether oxygens (including phenoxy) is 1. The Bertz CT molecular complexity index is 450. The van der Waals surface area contributed by atoms with Gasteiger partial charge < -0.3 is 8.97 Å². The van der Waals surface area contributed by atoms with Crippen LogP contribution in [-0.4, -0.2) is 22.8 Å². The fourth-order valence-corrected chi connectivity index (χ4v) is 12.5. The van der Waals surface area contributed by atoms with Crippen molar-refractivity contribution in [3.63, 3.8) is 0 Å². The van der Waals surface area contributed by atoms with E-state index in [1.807, 2.05) is 6.07 Å². The maximum absolute atomic E-state index is 12.3. The van der Waals surface area contributed by atoms with Crippen molar-refractivity contribution >= 4 is 22.2 Å². The molecule has 1 aromatic carbocycles. The van der Waals surface area contributed by atoms with Crippen LogP contribution in [0.4, 0.5) is 18.9 Å². The lowest BCUT2D eigenvalue weighted by Crippen LogP contribution is -2.59. The summed E-state index contributed by atoms with van der Waals surface area (Å²) in [5.41, 5.74) is 0.824. The van der Waals surface area contributed by atoms with E-state index in [4.69, 9.17) is 0 Å². The van der Waals surface area contributed by atoms with Crippen molar-refractivity contribution in [1.82, 2.24) is 0 Å². The summed E-state index contributed by atoms with van der Waals surface area (Å²) in [6.45, 7) is 13.2. The topological polar surface area (TPSA) is 12.5 Å². The maximum atomic E-state index is 12.3. The van der Waals surface area contributed by atoms with Crippen LogP contribution in [0, 0.1) is 0 Å². The van der Waals surface area contributed by atoms with Gasteiger partial charge in [-0.3, -0.25) is 0 Å². The molecular weight excluding hydrogens is 299 g/mol. The van der Waals surface area contributed by atoms with Gasteiger partial charge >= 0.3 is 6.36 Å². The van der Waals surface area contributed by atoms with Crippen molar-refractivity contribution < 1.29 is 17.9 Å². The minimum Gasteiger partial charge on any atom is -0.424 e. The number of alkyl halides is 3. The van der Waals surface area contributed by atoms with Crippen LogP contribution in [-0.2, 0) is 0 Å². The monoisotopic (exact) mass is 321 g/mol. The average Bonchev–Trinajstić information content (AvgIpc) is 2.09. The maximum Gasteiger partial charge on any atom is 0.573 e. The molecule has 0 fully saturated rings. The molecule has 0 atom stereocenters. The smallest absolute Gasteiger partial charge is 0.424 e. The van der Waals surface area contributed by atoms with Gasteiger partial charge in [0.15, 0.2) is 0 Å². The standard InChI is InChI=1S/C13H22F3NOSi2/c1-19(2,3)17(20(4,5)6)11-8-7-9-12(10-11)18-13(14,15)16/h7-10H,1-6H3. The lowest BCUT2D eigenvalue weighted by Gasteiger charge is -2.46. The SMILES string of the molecule is C[Si](C)(C)N(c1cccc(OC(F)(F)F)c1)[Si](C)(C)C. The lowest BCUT2D eigenvalue weighted by molar-refractivity contribution is -0.274. The molecule has 0 aliphatic carbocycles. The van der Waals surface area contributed by atoms with Gasteiger partial charge in [-0.15, -0.1) is 13.2 Å². The molecule has 0 amide bonds. The van der Waals surface area contributed by atoms with Crippen molar-refractivity contribution in [1.29, 1.82) is 0 Å². The molecule has 7 heteroatoms. The highest BCUT2D eigenvalue weighted by Crippen LogP contribution is 2.32. The molecule has 0 saturated heterocycles. The van der Waals surface area contributed by atoms with Crippen molar-refractivity contribution in [3.8, 4) is 5.75 Å². The van der Waals surface area contributed by atoms with E-state index >= 15 is 0 Å². The normalized spacial score (nSPS) is 13.2. The average molecular weight is 321 g/mol. The Morgan fingerprint density at radius 1 is 0.950 bits per heavy atom. The van der Waals surface area contributed by atoms with Crippen LogP contribution in [0.3, 0.4) is 0 Å². The molecule has 0 aliphatic heterocycles. The fraction of sp³-hybridized carbons (Fsp3) is 0.538. The van der Waals surface area contributed by atoms with Crippen LogP contribution in [0.15, 0.2) is 24.3 Å². The molecule has 0 N–H and O–H groups in total. The summed E-state index contributed by atoms with van der Waals surface area (Å²) in [6, 6.07) is 6.30. The Morgan fingerprint density at radius 3 is 1.85 bits per heavy atom. The lowest BCUT2D eigenvalue weighted by atomic mass is 10.3. The van der Waals surface area contributed by atoms with Gasteiger partial charge in [0.1, 0.15) is 22.2 Å². The van der Waals surface area contributed by atoms with E-state index in [1.54, 1.807) is 6.07 Å². The zero-order valence-corrected chi connectivity index (χ0v) is 14.8. The number of halogens is 3. The zero-order chi connectivity index (χ0) is 15.8. The quantitative estimate of drug-likeness (QED) is 0.719. The van der Waals surface area contributed by atoms with Crippen molar-refractivity contribution in [2.75, 3.05) is 4.23 Å². The Labute approximate surface area is 120 Å². The first kappa shape index (κ1) is 17.1. The second-order valence-electron chi connectivity index (χ2n) is 6.72. The van der Waals surface area contributed by atoms with E-state index in [1.165, 1.54) is 12.1 Å². The van der Waals surface area contributed by atoms with Crippen LogP contribution in [0.1, 0.15) is 0 Å². The number of hydrogen-bond acceptors (Lipinski definition) is 2. The Morgan fingerprint density at radius 2 is 1.45 bits per heavy atom. The zero-order valence-electron chi connectivity index (χ0n) is 12.8. The van der Waals surface area contributed by atoms with Crippen LogP contribution in [0.2, 0.25) is 39.3 Å². The van der Waals surface area contributed by atoms with Gasteiger partial charge in [-0.1, -0.05) is 45.3 Å². The van der Waals surface area contributed by atoms with Crippen LogP contribution < -0.4 is 8.97 Å². The van der Waals surface area contributed by atoms with Gasteiger partial charge in [-0.05, 0) is 12.1 Å². The van der Waals surface area contributed by atoms with E-state index in [0.29, 0.717) is 0 Å². The molecule has 0 heterocycles. The first-order valence-corrected chi connectivity index (χ1v) is 13.4. The number of nitrogens with zero attached hydrogens (tertiary/aromatic N) is 1. The molecule has 0 unspecified atom stereocenters. The second kappa shape index (κ2) is 5.44. The molecule has 0 saturated carbocycles. The first-order chi connectivity index (χ1) is 8.81. The molecule has 114 valence electrons. The fourth-order valence-electron chi connectivity index (χ4n) is 2.60. The van der Waals surface area contributed by atoms with E-state index in [0.717, 1.165) is 5.69 Å². The molecule has 0 radical (unpaired) electrons. The summed E-state index contributed by atoms with van der Waals surface area (Å²) in [5.74, 6) is -0.156. The Hall–Kier alpha value is -0.956. The first-order valence-electron chi connectivity index (χ1n) is 6.47. The summed E-state index contributed by atoms with van der Waals surface area (Å²) >= 11 is 0. The molecule has 1 aromatic rings. The predicted molar refractivity (Wildman–Crippen MR) is 82.3 cm³/mol. The molecule has 0 spiro atoms. The third-order valence-electron chi connectivity index (χ3n) is 2.65. The molecule has 1 rings (SSSR count). The van der Waals surface area contributed by atoms with Crippen LogP contribution in [0.25, 0.3) is 0 Å². The molecule has 0 aromatic heterocycles. The van der Waals surface area contributed by atoms with E-state index in [2.05, 4.69) is 48.2 Å². The highest BCUT2D eigenvalue weighted by atomic mass is 28.4. The van der Waals surface area contributed by atoms with Gasteiger partial charge in [0.25, 0.3) is 0 Å². The molecular formula is C13H22F3NOSi2. The highest BCUT2D eigenvalue weighted by molar-refractivity contribution is 6.99. The van der Waals surface area contributed by atoms with E-state index in [-0.39, 0.29) is 5.75 Å². The number of hydrogen-bond donors (Lipinski definition) is 0. The summed E-state index contributed by atoms with van der Waals surface area (Å²) < 4.78 is 43.3. The van der Waals surface area contributed by atoms with Crippen LogP contribution >= 0.6 is 0 Å². The van der Waals surface area contributed by atoms with Crippen LogP contribution in [0.5, 0.6) is 5.75 Å². The third kappa shape index (κ3) is 4.86. The van der Waals surface area contributed by atoms with Gasteiger partial charge in [-0.2, -0.15) is 0 Å². The minimum absolute atomic E-state index is 0.156. The Kier molecular flexibility index (Phi) is 4.65. The van der Waals surface area contributed by atoms with Crippen molar-refractivity contribution in [2.45, 2.75) is 45.6 Å². The summed E-state index contributed by atoms with van der Waals surface area (Å²) in [5, 5.41) is 0. The van der Waals surface area contributed by atoms with Gasteiger partial charge in [0.05, 0.1) is 0 Å². The minimum atomic E-state index is -4.65. The van der Waals surface area contributed by atoms with E-state index < -0.39 is 22.8 Å². The summed E-state index contributed by atoms with van der Waals surface area (Å²) in [4.78, 5) is 0. The number of benzene rings is 1. The Balaban J connectivity index is 3.20. The number of rotatable bonds is 4. The van der Waals surface area contributed by atoms with Gasteiger partial charge in [0, 0.05) is 11.8 Å². The second-order valence-corrected chi connectivity index (χ2v) is 16.7. The predicted octanol–water partition coefficient (Wildman–Crippen LogP) is 5.06. The molecule has 0 aliphatic rings. The molecule has 0 bridgehead atoms. The van der Waals surface area contributed by atoms with Crippen molar-refractivity contribution in [3.05, 3.63) is 24.3 Å². The number of anilines is 1. The molecule has 2 nitrogen and oxygen atoms in total. The van der Waals surface area contributed by atoms with Crippen molar-refractivity contribution in [2.24, 2.45) is 0 Å². The largest absolute Gasteiger partial charge is 0.573 e. The summed E-state index contributed by atoms with van der Waals surface area (Å²) in [6.07, 6.45) is -4.65. The third-order valence-corrected chi connectivity index (χ3v) is 9.88. The summed E-state index contributed by atoms with van der Waals surface area (Å²) in [7, 11) is -3.37. The van der Waals surface area contributed by atoms with Gasteiger partial charge in [0.2, 0.25) is 0 Å². The van der Waals surface area contributed by atoms with E-state index in [9.17, 15) is 13.2 Å². The highest BCUT2D eigenvalue weighted by Gasteiger charge is 2.35.